The minimum atomic E-state index is -0.0833. The van der Waals surface area contributed by atoms with Gasteiger partial charge in [-0.05, 0) is 85.6 Å². The minimum Gasteiger partial charge on any atom is -0.494 e. The normalized spacial score (nSPS) is 20.5. The summed E-state index contributed by atoms with van der Waals surface area (Å²) in [6, 6.07) is 20.3. The number of hydrogen-bond donors (Lipinski definition) is 0. The summed E-state index contributed by atoms with van der Waals surface area (Å²) in [5, 5.41) is 9.83. The van der Waals surface area contributed by atoms with Gasteiger partial charge in [-0.15, -0.1) is 0 Å². The van der Waals surface area contributed by atoms with Crippen molar-refractivity contribution in [1.82, 2.24) is 0 Å². The average molecular weight is 446 g/mol. The molecule has 1 fully saturated rings. The topological polar surface area (TPSA) is 33.0 Å². The van der Waals surface area contributed by atoms with E-state index >= 15 is 0 Å². The van der Waals surface area contributed by atoms with E-state index in [9.17, 15) is 5.26 Å². The molecule has 1 saturated carbocycles. The fourth-order valence-corrected chi connectivity index (χ4v) is 5.07. The Morgan fingerprint density at radius 2 is 1.52 bits per heavy atom. The first-order chi connectivity index (χ1) is 16.0. The summed E-state index contributed by atoms with van der Waals surface area (Å²) < 4.78 is 5.91. The van der Waals surface area contributed by atoms with Crippen molar-refractivity contribution in [1.29, 1.82) is 5.26 Å². The third kappa shape index (κ3) is 7.63. The molecule has 0 saturated heterocycles. The van der Waals surface area contributed by atoms with Crippen LogP contribution in [-0.4, -0.2) is 6.61 Å². The molecule has 0 aliphatic heterocycles. The number of ether oxygens (including phenoxy) is 1. The van der Waals surface area contributed by atoms with Crippen LogP contribution in [0.3, 0.4) is 0 Å². The van der Waals surface area contributed by atoms with Crippen LogP contribution in [0.4, 0.5) is 0 Å². The highest BCUT2D eigenvalue weighted by atomic mass is 16.5. The monoisotopic (exact) mass is 445 g/mol. The zero-order valence-electron chi connectivity index (χ0n) is 21.1. The molecule has 0 unspecified atom stereocenters. The van der Waals surface area contributed by atoms with E-state index in [1.165, 1.54) is 42.4 Å². The van der Waals surface area contributed by atoms with Crippen molar-refractivity contribution in [2.45, 2.75) is 97.3 Å². The van der Waals surface area contributed by atoms with E-state index in [0.29, 0.717) is 11.8 Å². The van der Waals surface area contributed by atoms with Gasteiger partial charge in [0, 0.05) is 0 Å². The first kappa shape index (κ1) is 25.4. The Hall–Kier alpha value is -2.27. The number of rotatable bonds is 12. The summed E-state index contributed by atoms with van der Waals surface area (Å²) in [5.41, 5.74) is 3.83. The van der Waals surface area contributed by atoms with Crippen LogP contribution >= 0.6 is 0 Å². The highest BCUT2D eigenvalue weighted by molar-refractivity contribution is 5.64. The van der Waals surface area contributed by atoms with Gasteiger partial charge in [0.15, 0.2) is 0 Å². The molecule has 178 valence electrons. The van der Waals surface area contributed by atoms with Gasteiger partial charge in [0.25, 0.3) is 0 Å². The molecule has 1 aliphatic carbocycles. The Morgan fingerprint density at radius 1 is 0.909 bits per heavy atom. The van der Waals surface area contributed by atoms with E-state index < -0.39 is 0 Å². The lowest BCUT2D eigenvalue weighted by Gasteiger charge is -2.35. The molecule has 0 spiro atoms. The minimum absolute atomic E-state index is 0.0833. The lowest BCUT2D eigenvalue weighted by atomic mass is 9.67. The Balaban J connectivity index is 1.50. The van der Waals surface area contributed by atoms with Gasteiger partial charge < -0.3 is 4.74 Å². The molecule has 0 radical (unpaired) electrons. The van der Waals surface area contributed by atoms with E-state index in [2.05, 4.69) is 75.4 Å². The number of unbranched alkanes of at least 4 members (excludes halogenated alkanes) is 4. The SMILES string of the molecule is CCCCCCCOc1ccc(-c2ccc(C3CCC(C#N)(CCC(C)C)CC3)cc2)cc1. The average Bonchev–Trinajstić information content (AvgIpc) is 2.86. The zero-order chi connectivity index (χ0) is 23.5. The lowest BCUT2D eigenvalue weighted by Crippen LogP contribution is -2.26. The summed E-state index contributed by atoms with van der Waals surface area (Å²) in [7, 11) is 0. The summed E-state index contributed by atoms with van der Waals surface area (Å²) in [5.74, 6) is 2.23. The van der Waals surface area contributed by atoms with Crippen LogP contribution in [0.1, 0.15) is 103 Å². The van der Waals surface area contributed by atoms with Crippen LogP contribution in [-0.2, 0) is 0 Å². The maximum absolute atomic E-state index is 9.83. The highest BCUT2D eigenvalue weighted by Gasteiger charge is 2.35. The first-order valence-corrected chi connectivity index (χ1v) is 13.3. The van der Waals surface area contributed by atoms with Gasteiger partial charge in [-0.3, -0.25) is 0 Å². The van der Waals surface area contributed by atoms with Gasteiger partial charge in [-0.1, -0.05) is 82.9 Å². The lowest BCUT2D eigenvalue weighted by molar-refractivity contribution is 0.216. The molecule has 33 heavy (non-hydrogen) atoms. The maximum atomic E-state index is 9.83. The van der Waals surface area contributed by atoms with Gasteiger partial charge >= 0.3 is 0 Å². The van der Waals surface area contributed by atoms with Crippen LogP contribution in [0, 0.1) is 22.7 Å². The Kier molecular flexibility index (Phi) is 9.86. The smallest absolute Gasteiger partial charge is 0.119 e. The van der Waals surface area contributed by atoms with Crippen LogP contribution in [0.15, 0.2) is 48.5 Å². The van der Waals surface area contributed by atoms with Crippen LogP contribution < -0.4 is 4.74 Å². The van der Waals surface area contributed by atoms with Gasteiger partial charge in [-0.2, -0.15) is 5.26 Å². The molecule has 0 amide bonds. The second kappa shape index (κ2) is 12.8. The molecule has 2 aromatic carbocycles. The second-order valence-electron chi connectivity index (χ2n) is 10.5. The number of nitriles is 1. The quantitative estimate of drug-likeness (QED) is 0.305. The Bertz CT molecular complexity index is 851. The van der Waals surface area contributed by atoms with E-state index in [0.717, 1.165) is 57.3 Å². The van der Waals surface area contributed by atoms with E-state index in [4.69, 9.17) is 4.74 Å². The molecule has 1 aliphatic rings. The zero-order valence-corrected chi connectivity index (χ0v) is 21.1. The van der Waals surface area contributed by atoms with Crippen molar-refractivity contribution in [3.8, 4) is 22.9 Å². The van der Waals surface area contributed by atoms with Crippen LogP contribution in [0.25, 0.3) is 11.1 Å². The van der Waals surface area contributed by atoms with Crippen LogP contribution in [0.2, 0.25) is 0 Å². The predicted molar refractivity (Wildman–Crippen MR) is 139 cm³/mol. The van der Waals surface area contributed by atoms with Crippen LogP contribution in [0.5, 0.6) is 5.75 Å². The van der Waals surface area contributed by atoms with Crippen molar-refractivity contribution in [2.75, 3.05) is 6.61 Å². The third-order valence-corrected chi connectivity index (χ3v) is 7.47. The van der Waals surface area contributed by atoms with E-state index in [1.54, 1.807) is 0 Å². The van der Waals surface area contributed by atoms with Gasteiger partial charge in [0.2, 0.25) is 0 Å². The second-order valence-corrected chi connectivity index (χ2v) is 10.5. The van der Waals surface area contributed by atoms with Gasteiger partial charge in [0.1, 0.15) is 5.75 Å². The predicted octanol–water partition coefficient (Wildman–Crippen LogP) is 9.31. The highest BCUT2D eigenvalue weighted by Crippen LogP contribution is 2.46. The fourth-order valence-electron chi connectivity index (χ4n) is 5.07. The molecule has 2 aromatic rings. The summed E-state index contributed by atoms with van der Waals surface area (Å²) in [4.78, 5) is 0. The third-order valence-electron chi connectivity index (χ3n) is 7.47. The van der Waals surface area contributed by atoms with Gasteiger partial charge in [-0.25, -0.2) is 0 Å². The molecular formula is C31H43NO. The van der Waals surface area contributed by atoms with Crippen molar-refractivity contribution in [3.05, 3.63) is 54.1 Å². The van der Waals surface area contributed by atoms with Gasteiger partial charge in [0.05, 0.1) is 18.1 Å². The Labute approximate surface area is 202 Å². The van der Waals surface area contributed by atoms with Crippen molar-refractivity contribution in [3.63, 3.8) is 0 Å². The molecule has 0 bridgehead atoms. The molecule has 2 nitrogen and oxygen atoms in total. The molecule has 3 rings (SSSR count). The number of nitrogens with zero attached hydrogens (tertiary/aromatic N) is 1. The molecule has 0 heterocycles. The summed E-state index contributed by atoms with van der Waals surface area (Å²) in [6.07, 6.45) is 12.9. The number of hydrogen-bond acceptors (Lipinski definition) is 2. The standard InChI is InChI=1S/C31H43NO/c1-4-5-6-7-8-23-33-30-15-13-28(14-16-30)26-9-11-27(12-10-26)29-18-21-31(24-32,22-19-29)20-17-25(2)3/h9-16,25,29H,4-8,17-23H2,1-3H3. The van der Waals surface area contributed by atoms with Crippen molar-refractivity contribution in [2.24, 2.45) is 11.3 Å². The number of benzene rings is 2. The molecule has 2 heteroatoms. The maximum Gasteiger partial charge on any atom is 0.119 e. The summed E-state index contributed by atoms with van der Waals surface area (Å²) in [6.45, 7) is 7.57. The first-order valence-electron chi connectivity index (χ1n) is 13.3. The largest absolute Gasteiger partial charge is 0.494 e. The fraction of sp³-hybridized carbons (Fsp3) is 0.581. The molecule has 0 aromatic heterocycles. The van der Waals surface area contributed by atoms with E-state index in [1.807, 2.05) is 0 Å². The van der Waals surface area contributed by atoms with Crippen molar-refractivity contribution >= 4 is 0 Å². The molecule has 0 atom stereocenters. The Morgan fingerprint density at radius 3 is 2.09 bits per heavy atom. The van der Waals surface area contributed by atoms with Crippen molar-refractivity contribution < 1.29 is 4.74 Å². The summed E-state index contributed by atoms with van der Waals surface area (Å²) >= 11 is 0. The van der Waals surface area contributed by atoms with E-state index in [-0.39, 0.29) is 5.41 Å². The molecule has 0 N–H and O–H groups in total. The molecular weight excluding hydrogens is 402 g/mol.